The van der Waals surface area contributed by atoms with Crippen molar-refractivity contribution in [1.29, 1.82) is 0 Å². The van der Waals surface area contributed by atoms with Crippen molar-refractivity contribution in [2.24, 2.45) is 28.6 Å². The summed E-state index contributed by atoms with van der Waals surface area (Å²) in [5.74, 6) is 0.720. The minimum Gasteiger partial charge on any atom is -0.458 e. The molecule has 0 radical (unpaired) electrons. The van der Waals surface area contributed by atoms with Crippen molar-refractivity contribution in [3.63, 3.8) is 0 Å². The van der Waals surface area contributed by atoms with Crippen molar-refractivity contribution in [2.45, 2.75) is 127 Å². The number of methoxy groups -OCH3 is 1. The van der Waals surface area contributed by atoms with E-state index in [0.717, 1.165) is 56.9 Å². The Labute approximate surface area is 225 Å². The van der Waals surface area contributed by atoms with Crippen LogP contribution in [0.1, 0.15) is 78.6 Å². The number of hydrogen-bond donors (Lipinski definition) is 2. The smallest absolute Gasteiger partial charge is 0.331 e. The van der Waals surface area contributed by atoms with E-state index >= 15 is 0 Å². The molecule has 13 unspecified atom stereocenters. The summed E-state index contributed by atoms with van der Waals surface area (Å²) in [6.07, 6.45) is 8.36. The molecule has 0 bridgehead atoms. The first-order valence-corrected chi connectivity index (χ1v) is 14.8. The summed E-state index contributed by atoms with van der Waals surface area (Å²) in [7, 11) is 1.63. The van der Waals surface area contributed by atoms with Gasteiger partial charge in [-0.25, -0.2) is 4.79 Å². The van der Waals surface area contributed by atoms with E-state index < -0.39 is 17.3 Å². The average Bonchev–Trinajstić information content (AvgIpc) is 3.32. The number of cyclic esters (lactones) is 1. The number of carbonyl (C=O) groups is 1. The molecule has 0 amide bonds. The number of esters is 1. The number of hydrogen-bond acceptors (Lipinski definition) is 8. The van der Waals surface area contributed by atoms with Crippen LogP contribution >= 0.6 is 0 Å². The maximum atomic E-state index is 12.6. The van der Waals surface area contributed by atoms with E-state index in [4.69, 9.17) is 23.7 Å². The molecule has 2 saturated heterocycles. The number of carbonyl (C=O) groups excluding carboxylic acids is 1. The lowest BCUT2D eigenvalue weighted by Crippen LogP contribution is -2.68. The molecule has 6 fully saturated rings. The Balaban J connectivity index is 1.09. The highest BCUT2D eigenvalue weighted by Gasteiger charge is 2.84. The van der Waals surface area contributed by atoms with E-state index in [9.17, 15) is 15.0 Å². The zero-order valence-corrected chi connectivity index (χ0v) is 23.2. The van der Waals surface area contributed by atoms with Gasteiger partial charge in [0.2, 0.25) is 0 Å². The van der Waals surface area contributed by atoms with Gasteiger partial charge in [-0.2, -0.15) is 0 Å². The molecule has 7 rings (SSSR count). The van der Waals surface area contributed by atoms with E-state index in [-0.39, 0.29) is 53.4 Å². The lowest BCUT2D eigenvalue weighted by molar-refractivity contribution is -0.272. The Bertz CT molecular complexity index is 1030. The topological polar surface area (TPSA) is 107 Å². The molecule has 8 nitrogen and oxygen atoms in total. The van der Waals surface area contributed by atoms with Crippen LogP contribution in [0.5, 0.6) is 0 Å². The van der Waals surface area contributed by atoms with Gasteiger partial charge in [0, 0.05) is 25.0 Å². The molecule has 4 aliphatic carbocycles. The summed E-state index contributed by atoms with van der Waals surface area (Å²) in [6.45, 7) is 6.93. The largest absolute Gasteiger partial charge is 0.458 e. The maximum absolute atomic E-state index is 12.6. The zero-order chi connectivity index (χ0) is 26.7. The third-order valence-electron chi connectivity index (χ3n) is 12.6. The van der Waals surface area contributed by atoms with Crippen LogP contribution in [0.3, 0.4) is 0 Å². The van der Waals surface area contributed by atoms with Gasteiger partial charge in [0.25, 0.3) is 0 Å². The molecule has 4 saturated carbocycles. The Hall–Kier alpha value is -1.03. The van der Waals surface area contributed by atoms with E-state index in [0.29, 0.717) is 24.9 Å². The summed E-state index contributed by atoms with van der Waals surface area (Å²) in [5, 5.41) is 22.9. The van der Waals surface area contributed by atoms with Crippen LogP contribution < -0.4 is 0 Å². The second kappa shape index (κ2) is 8.49. The van der Waals surface area contributed by atoms with Gasteiger partial charge in [-0.3, -0.25) is 0 Å². The summed E-state index contributed by atoms with van der Waals surface area (Å²) in [5.41, 5.74) is -0.505. The first-order chi connectivity index (χ1) is 18.1. The molecule has 3 heterocycles. The normalized spacial score (nSPS) is 57.3. The molecule has 13 atom stereocenters. The first kappa shape index (κ1) is 25.9. The highest BCUT2D eigenvalue weighted by Crippen LogP contribution is 2.77. The van der Waals surface area contributed by atoms with Gasteiger partial charge in [0.15, 0.2) is 6.29 Å². The van der Waals surface area contributed by atoms with Crippen LogP contribution in [0.4, 0.5) is 0 Å². The van der Waals surface area contributed by atoms with Crippen molar-refractivity contribution in [3.8, 4) is 0 Å². The van der Waals surface area contributed by atoms with Crippen molar-refractivity contribution in [3.05, 3.63) is 11.6 Å². The van der Waals surface area contributed by atoms with Crippen molar-refractivity contribution in [1.82, 2.24) is 0 Å². The monoisotopic (exact) mass is 532 g/mol. The van der Waals surface area contributed by atoms with Crippen LogP contribution in [-0.2, 0) is 28.5 Å². The predicted molar refractivity (Wildman–Crippen MR) is 136 cm³/mol. The quantitative estimate of drug-likeness (QED) is 0.323. The highest BCUT2D eigenvalue weighted by atomic mass is 16.7. The van der Waals surface area contributed by atoms with E-state index in [1.54, 1.807) is 13.2 Å². The standard InChI is InChI=1S/C30H44O8/c1-16-26(32)21(34-4)14-25(36-16)37-19-5-8-27(2)18(12-19)13-23-30(38-23)22(27)7-9-28(3)20(6-10-29(28,30)33)17-11-24(31)35-15-17/h11,16,18-23,25-26,32-33H,5-10,12-15H2,1-4H3. The fraction of sp³-hybridized carbons (Fsp3) is 0.900. The summed E-state index contributed by atoms with van der Waals surface area (Å²) >= 11 is 0. The summed E-state index contributed by atoms with van der Waals surface area (Å²) in [4.78, 5) is 11.8. The summed E-state index contributed by atoms with van der Waals surface area (Å²) < 4.78 is 30.0. The van der Waals surface area contributed by atoms with Crippen molar-refractivity contribution < 1.29 is 38.7 Å². The Morgan fingerprint density at radius 2 is 1.89 bits per heavy atom. The van der Waals surface area contributed by atoms with Gasteiger partial charge >= 0.3 is 5.97 Å². The van der Waals surface area contributed by atoms with E-state index in [2.05, 4.69) is 13.8 Å². The van der Waals surface area contributed by atoms with E-state index in [1.807, 2.05) is 6.92 Å². The van der Waals surface area contributed by atoms with Gasteiger partial charge < -0.3 is 33.9 Å². The Morgan fingerprint density at radius 1 is 1.08 bits per heavy atom. The third-order valence-corrected chi connectivity index (χ3v) is 12.6. The molecule has 212 valence electrons. The van der Waals surface area contributed by atoms with Gasteiger partial charge in [0.05, 0.1) is 24.4 Å². The Kier molecular flexibility index (Phi) is 5.79. The molecular weight excluding hydrogens is 488 g/mol. The maximum Gasteiger partial charge on any atom is 0.331 e. The fourth-order valence-corrected chi connectivity index (χ4v) is 10.4. The van der Waals surface area contributed by atoms with Crippen LogP contribution in [-0.4, -0.2) is 77.9 Å². The second-order valence-corrected chi connectivity index (χ2v) is 13.9. The SMILES string of the molecule is COC1CC(OC2CCC3(C)C(C2)CC2OC24C3CCC2(C)C(C3=CC(=O)OC3)CCC24O)OC(C)C1O. The van der Waals surface area contributed by atoms with Crippen LogP contribution in [0, 0.1) is 28.6 Å². The predicted octanol–water partition coefficient (Wildman–Crippen LogP) is 3.27. The molecule has 0 aromatic rings. The number of rotatable bonds is 4. The number of ether oxygens (including phenoxy) is 5. The molecule has 1 spiro atoms. The number of epoxide rings is 1. The van der Waals surface area contributed by atoms with Crippen LogP contribution in [0.25, 0.3) is 0 Å². The minimum atomic E-state index is -0.881. The molecular formula is C30H44O8. The van der Waals surface area contributed by atoms with Crippen molar-refractivity contribution >= 4 is 5.97 Å². The van der Waals surface area contributed by atoms with Crippen LogP contribution in [0.2, 0.25) is 0 Å². The lowest BCUT2D eigenvalue weighted by atomic mass is 9.43. The van der Waals surface area contributed by atoms with Crippen molar-refractivity contribution in [2.75, 3.05) is 13.7 Å². The van der Waals surface area contributed by atoms with Crippen LogP contribution in [0.15, 0.2) is 11.6 Å². The summed E-state index contributed by atoms with van der Waals surface area (Å²) in [6, 6.07) is 0. The number of fused-ring (bicyclic) bond motifs is 3. The lowest BCUT2D eigenvalue weighted by Gasteiger charge is -2.62. The average molecular weight is 533 g/mol. The molecule has 3 aliphatic heterocycles. The van der Waals surface area contributed by atoms with Gasteiger partial charge in [-0.05, 0) is 87.0 Å². The molecule has 38 heavy (non-hydrogen) atoms. The molecule has 0 aromatic carbocycles. The fourth-order valence-electron chi connectivity index (χ4n) is 10.4. The first-order valence-electron chi connectivity index (χ1n) is 14.8. The highest BCUT2D eigenvalue weighted by molar-refractivity contribution is 5.85. The number of aliphatic hydroxyl groups is 2. The molecule has 2 N–H and O–H groups in total. The minimum absolute atomic E-state index is 0.0853. The molecule has 8 heteroatoms. The van der Waals surface area contributed by atoms with Gasteiger partial charge in [0.1, 0.15) is 23.9 Å². The molecule has 0 aromatic heterocycles. The third kappa shape index (κ3) is 3.28. The van der Waals surface area contributed by atoms with Gasteiger partial charge in [-0.1, -0.05) is 13.8 Å². The second-order valence-electron chi connectivity index (χ2n) is 13.9. The van der Waals surface area contributed by atoms with Gasteiger partial charge in [-0.15, -0.1) is 0 Å². The van der Waals surface area contributed by atoms with E-state index in [1.165, 1.54) is 0 Å². The molecule has 7 aliphatic rings. The number of aliphatic hydroxyl groups excluding tert-OH is 1. The zero-order valence-electron chi connectivity index (χ0n) is 23.2. The Morgan fingerprint density at radius 3 is 2.63 bits per heavy atom.